The molecule has 2 heterocycles. The first kappa shape index (κ1) is 16.9. The Kier molecular flexibility index (Phi) is 4.95. The van der Waals surface area contributed by atoms with Gasteiger partial charge in [-0.05, 0) is 36.8 Å². The normalized spacial score (nSPS) is 11.0. The molecular formula is C18H17N3O3S. The fourth-order valence-electron chi connectivity index (χ4n) is 2.18. The molecule has 0 radical (unpaired) electrons. The van der Waals surface area contributed by atoms with Crippen LogP contribution >= 0.6 is 11.3 Å². The first-order valence-corrected chi connectivity index (χ1v) is 8.41. The maximum atomic E-state index is 12.1. The summed E-state index contributed by atoms with van der Waals surface area (Å²) in [6.45, 7) is 3.67. The van der Waals surface area contributed by atoms with Gasteiger partial charge in [0, 0.05) is 17.9 Å². The van der Waals surface area contributed by atoms with E-state index in [0.717, 1.165) is 26.8 Å². The van der Waals surface area contributed by atoms with Crippen LogP contribution in [0, 0.1) is 13.8 Å². The van der Waals surface area contributed by atoms with Crippen LogP contribution in [0.1, 0.15) is 16.3 Å². The monoisotopic (exact) mass is 355 g/mol. The molecule has 0 spiro atoms. The van der Waals surface area contributed by atoms with Crippen molar-refractivity contribution in [2.24, 2.45) is 0 Å². The molecule has 0 unspecified atom stereocenters. The zero-order valence-electron chi connectivity index (χ0n) is 14.1. The fourth-order valence-corrected chi connectivity index (χ4v) is 3.08. The van der Waals surface area contributed by atoms with Crippen LogP contribution in [0.2, 0.25) is 0 Å². The predicted molar refractivity (Wildman–Crippen MR) is 97.7 cm³/mol. The van der Waals surface area contributed by atoms with E-state index in [1.165, 1.54) is 17.4 Å². The van der Waals surface area contributed by atoms with Gasteiger partial charge in [-0.15, -0.1) is 11.3 Å². The molecule has 0 atom stereocenters. The molecule has 0 aliphatic heterocycles. The molecular weight excluding hydrogens is 338 g/mol. The summed E-state index contributed by atoms with van der Waals surface area (Å²) < 4.78 is 10.1. The van der Waals surface area contributed by atoms with Crippen molar-refractivity contribution < 1.29 is 14.1 Å². The van der Waals surface area contributed by atoms with Crippen LogP contribution in [-0.2, 0) is 4.79 Å². The van der Waals surface area contributed by atoms with Gasteiger partial charge in [0.05, 0.1) is 17.7 Å². The third-order valence-corrected chi connectivity index (χ3v) is 4.51. The van der Waals surface area contributed by atoms with Crippen LogP contribution < -0.4 is 10.1 Å². The molecule has 0 aliphatic carbocycles. The second kappa shape index (κ2) is 7.31. The van der Waals surface area contributed by atoms with Crippen LogP contribution in [0.15, 0.2) is 40.9 Å². The molecule has 3 rings (SSSR count). The molecule has 0 saturated carbocycles. The average molecular weight is 355 g/mol. The van der Waals surface area contributed by atoms with E-state index < -0.39 is 0 Å². The van der Waals surface area contributed by atoms with Crippen molar-refractivity contribution in [3.05, 3.63) is 52.7 Å². The Bertz CT molecular complexity index is 910. The van der Waals surface area contributed by atoms with Gasteiger partial charge in [-0.2, -0.15) is 4.98 Å². The SMILES string of the molecule is COc1ccc(C=CC(=O)Nc2cc(-c3noc(C)n3)sc2C)cc1. The van der Waals surface area contributed by atoms with Crippen LogP contribution in [0.25, 0.3) is 16.8 Å². The lowest BCUT2D eigenvalue weighted by Crippen LogP contribution is -2.07. The average Bonchev–Trinajstić information content (AvgIpc) is 3.20. The predicted octanol–water partition coefficient (Wildman–Crippen LogP) is 4.08. The summed E-state index contributed by atoms with van der Waals surface area (Å²) in [4.78, 5) is 18.2. The summed E-state index contributed by atoms with van der Waals surface area (Å²) in [6, 6.07) is 9.31. The molecule has 0 saturated heterocycles. The second-order valence-corrected chi connectivity index (χ2v) is 6.57. The number of anilines is 1. The van der Waals surface area contributed by atoms with Crippen molar-refractivity contribution in [1.29, 1.82) is 0 Å². The molecule has 25 heavy (non-hydrogen) atoms. The Balaban J connectivity index is 1.68. The van der Waals surface area contributed by atoms with E-state index in [2.05, 4.69) is 15.5 Å². The van der Waals surface area contributed by atoms with Crippen molar-refractivity contribution in [3.8, 4) is 16.5 Å². The third kappa shape index (κ3) is 4.13. The van der Waals surface area contributed by atoms with E-state index in [1.54, 1.807) is 20.1 Å². The summed E-state index contributed by atoms with van der Waals surface area (Å²) in [7, 11) is 1.62. The lowest BCUT2D eigenvalue weighted by molar-refractivity contribution is -0.111. The van der Waals surface area contributed by atoms with E-state index >= 15 is 0 Å². The topological polar surface area (TPSA) is 77.2 Å². The van der Waals surface area contributed by atoms with E-state index in [4.69, 9.17) is 9.26 Å². The highest BCUT2D eigenvalue weighted by atomic mass is 32.1. The Hall–Kier alpha value is -2.93. The number of hydrogen-bond donors (Lipinski definition) is 1. The molecule has 1 aromatic carbocycles. The smallest absolute Gasteiger partial charge is 0.248 e. The number of ether oxygens (including phenoxy) is 1. The maximum absolute atomic E-state index is 12.1. The van der Waals surface area contributed by atoms with E-state index in [9.17, 15) is 4.79 Å². The minimum atomic E-state index is -0.201. The number of benzene rings is 1. The highest BCUT2D eigenvalue weighted by Crippen LogP contribution is 2.32. The summed E-state index contributed by atoms with van der Waals surface area (Å²) in [5.74, 6) is 1.61. The lowest BCUT2D eigenvalue weighted by Gasteiger charge is -2.01. The summed E-state index contributed by atoms with van der Waals surface area (Å²) in [6.07, 6.45) is 3.25. The molecule has 0 bridgehead atoms. The van der Waals surface area contributed by atoms with Crippen LogP contribution in [0.3, 0.4) is 0 Å². The lowest BCUT2D eigenvalue weighted by atomic mass is 10.2. The first-order chi connectivity index (χ1) is 12.0. The Morgan fingerprint density at radius 1 is 1.28 bits per heavy atom. The van der Waals surface area contributed by atoms with Gasteiger partial charge in [-0.3, -0.25) is 4.79 Å². The van der Waals surface area contributed by atoms with Gasteiger partial charge in [0.25, 0.3) is 0 Å². The summed E-state index contributed by atoms with van der Waals surface area (Å²) in [5, 5.41) is 6.77. The number of carbonyl (C=O) groups is 1. The van der Waals surface area contributed by atoms with Crippen LogP contribution in [0.5, 0.6) is 5.75 Å². The number of aromatic nitrogens is 2. The third-order valence-electron chi connectivity index (χ3n) is 3.47. The number of amides is 1. The highest BCUT2D eigenvalue weighted by molar-refractivity contribution is 7.16. The van der Waals surface area contributed by atoms with Gasteiger partial charge in [0.15, 0.2) is 0 Å². The van der Waals surface area contributed by atoms with Crippen molar-refractivity contribution in [2.45, 2.75) is 13.8 Å². The zero-order valence-corrected chi connectivity index (χ0v) is 14.9. The minimum Gasteiger partial charge on any atom is -0.497 e. The first-order valence-electron chi connectivity index (χ1n) is 7.59. The number of nitrogens with zero attached hydrogens (tertiary/aromatic N) is 2. The minimum absolute atomic E-state index is 0.201. The molecule has 7 heteroatoms. The van der Waals surface area contributed by atoms with Gasteiger partial charge in [0.1, 0.15) is 5.75 Å². The molecule has 3 aromatic rings. The molecule has 0 aliphatic rings. The van der Waals surface area contributed by atoms with E-state index in [0.29, 0.717) is 11.7 Å². The second-order valence-electron chi connectivity index (χ2n) is 5.31. The van der Waals surface area contributed by atoms with Gasteiger partial charge < -0.3 is 14.6 Å². The Morgan fingerprint density at radius 2 is 2.04 bits per heavy atom. The molecule has 0 fully saturated rings. The quantitative estimate of drug-likeness (QED) is 0.698. The van der Waals surface area contributed by atoms with Gasteiger partial charge in [0.2, 0.25) is 17.6 Å². The Labute approximate surface area is 149 Å². The van der Waals surface area contributed by atoms with Crippen molar-refractivity contribution in [2.75, 3.05) is 12.4 Å². The number of methoxy groups -OCH3 is 1. The molecule has 1 N–H and O–H groups in total. The van der Waals surface area contributed by atoms with Crippen molar-refractivity contribution in [1.82, 2.24) is 10.1 Å². The van der Waals surface area contributed by atoms with Crippen molar-refractivity contribution in [3.63, 3.8) is 0 Å². The van der Waals surface area contributed by atoms with E-state index in [1.807, 2.05) is 37.3 Å². The molecule has 2 aromatic heterocycles. The number of rotatable bonds is 5. The van der Waals surface area contributed by atoms with Gasteiger partial charge >= 0.3 is 0 Å². The van der Waals surface area contributed by atoms with Crippen LogP contribution in [0.4, 0.5) is 5.69 Å². The Morgan fingerprint density at radius 3 is 2.68 bits per heavy atom. The molecule has 6 nitrogen and oxygen atoms in total. The van der Waals surface area contributed by atoms with Gasteiger partial charge in [-0.1, -0.05) is 17.3 Å². The number of aryl methyl sites for hydroxylation is 2. The van der Waals surface area contributed by atoms with E-state index in [-0.39, 0.29) is 5.91 Å². The van der Waals surface area contributed by atoms with Crippen molar-refractivity contribution >= 4 is 29.0 Å². The number of hydrogen-bond acceptors (Lipinski definition) is 6. The zero-order chi connectivity index (χ0) is 17.8. The number of carbonyl (C=O) groups excluding carboxylic acids is 1. The number of nitrogens with one attached hydrogen (secondary N) is 1. The van der Waals surface area contributed by atoms with Crippen LogP contribution in [-0.4, -0.2) is 23.2 Å². The highest BCUT2D eigenvalue weighted by Gasteiger charge is 2.13. The molecule has 1 amide bonds. The standard InChI is InChI=1S/C18H17N3O3S/c1-11-15(10-16(25-11)18-19-12(2)24-21-18)20-17(22)9-6-13-4-7-14(23-3)8-5-13/h4-10H,1-3H3,(H,20,22). The fraction of sp³-hybridized carbons (Fsp3) is 0.167. The van der Waals surface area contributed by atoms with Gasteiger partial charge in [-0.25, -0.2) is 0 Å². The molecule has 128 valence electrons. The summed E-state index contributed by atoms with van der Waals surface area (Å²) in [5.41, 5.74) is 1.66. The number of thiophene rings is 1. The maximum Gasteiger partial charge on any atom is 0.248 e. The largest absolute Gasteiger partial charge is 0.497 e. The summed E-state index contributed by atoms with van der Waals surface area (Å²) >= 11 is 1.50.